The molecule has 4 aromatic rings. The number of oxazole rings is 1. The van der Waals surface area contributed by atoms with Gasteiger partial charge in [-0.15, -0.1) is 0 Å². The van der Waals surface area contributed by atoms with Gasteiger partial charge in [0.1, 0.15) is 11.3 Å². The summed E-state index contributed by atoms with van der Waals surface area (Å²) in [5, 5.41) is 2.95. The first kappa shape index (κ1) is 22.6. The summed E-state index contributed by atoms with van der Waals surface area (Å²) in [4.78, 5) is 17.2. The molecule has 0 aliphatic heterocycles. The summed E-state index contributed by atoms with van der Waals surface area (Å²) in [5.74, 6) is 1.50. The van der Waals surface area contributed by atoms with Gasteiger partial charge in [0.05, 0.1) is 0 Å². The molecular formula is C28H30N2O3. The second-order valence-electron chi connectivity index (χ2n) is 8.69. The van der Waals surface area contributed by atoms with E-state index in [0.717, 1.165) is 39.8 Å². The third-order valence-corrected chi connectivity index (χ3v) is 6.01. The molecule has 0 bridgehead atoms. The van der Waals surface area contributed by atoms with Crippen LogP contribution in [0.4, 0.5) is 5.69 Å². The minimum absolute atomic E-state index is 0.0618. The maximum Gasteiger partial charge on any atom is 0.262 e. The number of aromatic nitrogens is 1. The molecule has 4 rings (SSSR count). The summed E-state index contributed by atoms with van der Waals surface area (Å²) in [6.07, 6.45) is 1.09. The molecule has 0 unspecified atom stereocenters. The number of nitrogens with one attached hydrogen (secondary N) is 1. The van der Waals surface area contributed by atoms with Crippen LogP contribution in [0.5, 0.6) is 5.75 Å². The first-order chi connectivity index (χ1) is 15.8. The van der Waals surface area contributed by atoms with Gasteiger partial charge in [-0.25, -0.2) is 4.98 Å². The van der Waals surface area contributed by atoms with E-state index in [2.05, 4.69) is 42.3 Å². The van der Waals surface area contributed by atoms with Gasteiger partial charge in [-0.1, -0.05) is 38.1 Å². The monoisotopic (exact) mass is 442 g/mol. The van der Waals surface area contributed by atoms with Gasteiger partial charge in [0.25, 0.3) is 5.91 Å². The fourth-order valence-corrected chi connectivity index (χ4v) is 3.85. The highest BCUT2D eigenvalue weighted by atomic mass is 16.5. The second kappa shape index (κ2) is 9.49. The largest absolute Gasteiger partial charge is 0.484 e. The van der Waals surface area contributed by atoms with Crippen LogP contribution in [-0.2, 0) is 4.79 Å². The standard InChI is InChI=1S/C28H30N2O3/c1-6-18(3)21-9-11-23(12-10-21)32-16-26(31)29-24-15-22(8-7-19(24)4)28-30-25-14-17(2)13-20(5)27(25)33-28/h7-15,18H,6,16H2,1-5H3,(H,29,31)/t18-/m1/s1. The molecule has 1 amide bonds. The molecule has 1 atom stereocenters. The Morgan fingerprint density at radius 2 is 1.79 bits per heavy atom. The number of hydrogen-bond acceptors (Lipinski definition) is 4. The quantitative estimate of drug-likeness (QED) is 0.336. The summed E-state index contributed by atoms with van der Waals surface area (Å²) in [6, 6.07) is 17.8. The van der Waals surface area contributed by atoms with Gasteiger partial charge in [-0.2, -0.15) is 0 Å². The molecule has 0 saturated carbocycles. The number of carbonyl (C=O) groups excluding carboxylic acids is 1. The maximum atomic E-state index is 12.6. The topological polar surface area (TPSA) is 64.4 Å². The molecule has 5 nitrogen and oxygen atoms in total. The average molecular weight is 443 g/mol. The zero-order valence-corrected chi connectivity index (χ0v) is 19.9. The number of nitrogens with zero attached hydrogens (tertiary/aromatic N) is 1. The van der Waals surface area contributed by atoms with Crippen LogP contribution in [0.2, 0.25) is 0 Å². The molecule has 1 aromatic heterocycles. The molecule has 5 heteroatoms. The van der Waals surface area contributed by atoms with E-state index in [1.807, 2.05) is 57.2 Å². The number of rotatable bonds is 7. The van der Waals surface area contributed by atoms with Crippen molar-refractivity contribution in [3.63, 3.8) is 0 Å². The molecule has 0 aliphatic rings. The first-order valence-electron chi connectivity index (χ1n) is 11.4. The lowest BCUT2D eigenvalue weighted by molar-refractivity contribution is -0.118. The number of carbonyl (C=O) groups is 1. The van der Waals surface area contributed by atoms with E-state index in [1.54, 1.807) is 0 Å². The van der Waals surface area contributed by atoms with Crippen molar-refractivity contribution in [3.8, 4) is 17.2 Å². The van der Waals surface area contributed by atoms with E-state index in [1.165, 1.54) is 5.56 Å². The van der Waals surface area contributed by atoms with Crippen molar-refractivity contribution >= 4 is 22.7 Å². The minimum Gasteiger partial charge on any atom is -0.484 e. The van der Waals surface area contributed by atoms with Crippen molar-refractivity contribution in [2.45, 2.75) is 47.0 Å². The van der Waals surface area contributed by atoms with Gasteiger partial charge >= 0.3 is 0 Å². The first-order valence-corrected chi connectivity index (χ1v) is 11.4. The van der Waals surface area contributed by atoms with E-state index in [9.17, 15) is 4.79 Å². The van der Waals surface area contributed by atoms with Crippen LogP contribution >= 0.6 is 0 Å². The van der Waals surface area contributed by atoms with Crippen LogP contribution in [0.3, 0.4) is 0 Å². The molecule has 3 aromatic carbocycles. The van der Waals surface area contributed by atoms with E-state index in [-0.39, 0.29) is 12.5 Å². The highest BCUT2D eigenvalue weighted by Gasteiger charge is 2.13. The van der Waals surface area contributed by atoms with Crippen molar-refractivity contribution in [2.75, 3.05) is 11.9 Å². The van der Waals surface area contributed by atoms with E-state index in [0.29, 0.717) is 23.2 Å². The van der Waals surface area contributed by atoms with Crippen LogP contribution in [0.15, 0.2) is 59.0 Å². The van der Waals surface area contributed by atoms with Crippen molar-refractivity contribution in [1.29, 1.82) is 0 Å². The Labute approximate surface area is 194 Å². The Kier molecular flexibility index (Phi) is 6.50. The molecule has 0 spiro atoms. The fraction of sp³-hybridized carbons (Fsp3) is 0.286. The van der Waals surface area contributed by atoms with Gasteiger partial charge < -0.3 is 14.5 Å². The molecule has 1 N–H and O–H groups in total. The predicted octanol–water partition coefficient (Wildman–Crippen LogP) is 6.95. The number of benzene rings is 3. The summed E-state index contributed by atoms with van der Waals surface area (Å²) in [7, 11) is 0. The summed E-state index contributed by atoms with van der Waals surface area (Å²) >= 11 is 0. The normalized spacial score (nSPS) is 12.0. The lowest BCUT2D eigenvalue weighted by Gasteiger charge is -2.12. The lowest BCUT2D eigenvalue weighted by atomic mass is 9.99. The van der Waals surface area contributed by atoms with Crippen LogP contribution < -0.4 is 10.1 Å². The Morgan fingerprint density at radius 3 is 2.52 bits per heavy atom. The van der Waals surface area contributed by atoms with Gasteiger partial charge in [-0.05, 0) is 85.7 Å². The zero-order chi connectivity index (χ0) is 23.5. The highest BCUT2D eigenvalue weighted by molar-refractivity contribution is 5.93. The van der Waals surface area contributed by atoms with Crippen LogP contribution in [-0.4, -0.2) is 17.5 Å². The van der Waals surface area contributed by atoms with E-state index >= 15 is 0 Å². The number of aryl methyl sites for hydroxylation is 3. The lowest BCUT2D eigenvalue weighted by Crippen LogP contribution is -2.20. The molecular weight excluding hydrogens is 412 g/mol. The Balaban J connectivity index is 1.46. The summed E-state index contributed by atoms with van der Waals surface area (Å²) in [6.45, 7) is 10.3. The van der Waals surface area contributed by atoms with Gasteiger partial charge in [0.15, 0.2) is 12.2 Å². The molecule has 0 saturated heterocycles. The van der Waals surface area contributed by atoms with Crippen molar-refractivity contribution in [3.05, 3.63) is 76.9 Å². The number of fused-ring (bicyclic) bond motifs is 1. The number of hydrogen-bond donors (Lipinski definition) is 1. The van der Waals surface area contributed by atoms with Crippen molar-refractivity contribution in [2.24, 2.45) is 0 Å². The molecule has 0 radical (unpaired) electrons. The Morgan fingerprint density at radius 1 is 1.03 bits per heavy atom. The molecule has 0 aliphatic carbocycles. The zero-order valence-electron chi connectivity index (χ0n) is 19.9. The van der Waals surface area contributed by atoms with Crippen molar-refractivity contribution < 1.29 is 13.9 Å². The van der Waals surface area contributed by atoms with Crippen LogP contribution in [0.1, 0.15) is 48.4 Å². The smallest absolute Gasteiger partial charge is 0.262 e. The fourth-order valence-electron chi connectivity index (χ4n) is 3.85. The number of amides is 1. The third-order valence-electron chi connectivity index (χ3n) is 6.01. The predicted molar refractivity (Wildman–Crippen MR) is 133 cm³/mol. The summed E-state index contributed by atoms with van der Waals surface area (Å²) in [5.41, 5.74) is 7.56. The van der Waals surface area contributed by atoms with Gasteiger partial charge in [0, 0.05) is 11.3 Å². The average Bonchev–Trinajstić information content (AvgIpc) is 3.23. The molecule has 170 valence electrons. The van der Waals surface area contributed by atoms with Crippen molar-refractivity contribution in [1.82, 2.24) is 4.98 Å². The molecule has 0 fully saturated rings. The van der Waals surface area contributed by atoms with E-state index < -0.39 is 0 Å². The van der Waals surface area contributed by atoms with E-state index in [4.69, 9.17) is 9.15 Å². The van der Waals surface area contributed by atoms with Gasteiger partial charge in [0.2, 0.25) is 5.89 Å². The molecule has 1 heterocycles. The Hall–Kier alpha value is -3.60. The summed E-state index contributed by atoms with van der Waals surface area (Å²) < 4.78 is 11.7. The number of ether oxygens (including phenoxy) is 1. The highest BCUT2D eigenvalue weighted by Crippen LogP contribution is 2.30. The third kappa shape index (κ3) is 5.08. The SMILES string of the molecule is CC[C@@H](C)c1ccc(OCC(=O)Nc2cc(-c3nc4cc(C)cc(C)c4o3)ccc2C)cc1. The maximum absolute atomic E-state index is 12.6. The van der Waals surface area contributed by atoms with Gasteiger partial charge in [-0.3, -0.25) is 4.79 Å². The van der Waals surface area contributed by atoms with Crippen LogP contribution in [0.25, 0.3) is 22.6 Å². The minimum atomic E-state index is -0.217. The second-order valence-corrected chi connectivity index (χ2v) is 8.69. The molecule has 33 heavy (non-hydrogen) atoms. The van der Waals surface area contributed by atoms with Crippen LogP contribution in [0, 0.1) is 20.8 Å². The Bertz CT molecular complexity index is 1290. The number of anilines is 1.